The Morgan fingerprint density at radius 3 is 2.67 bits per heavy atom. The Morgan fingerprint density at radius 1 is 1.23 bits per heavy atom. The highest BCUT2D eigenvalue weighted by molar-refractivity contribution is 9.10. The normalized spacial score (nSPS) is 10.9. The topological polar surface area (TPSA) is 69.5 Å². The average molecular weight is 481 g/mol. The van der Waals surface area contributed by atoms with E-state index in [1.54, 1.807) is 24.7 Å². The van der Waals surface area contributed by atoms with Gasteiger partial charge >= 0.3 is 6.61 Å². The molecule has 0 radical (unpaired) electrons. The Bertz CT molecular complexity index is 1060. The summed E-state index contributed by atoms with van der Waals surface area (Å²) in [5.74, 6) is -0.260. The zero-order valence-corrected chi connectivity index (χ0v) is 18.1. The highest BCUT2D eigenvalue weighted by Gasteiger charge is 2.21. The van der Waals surface area contributed by atoms with E-state index in [-0.39, 0.29) is 29.6 Å². The summed E-state index contributed by atoms with van der Waals surface area (Å²) in [7, 11) is 2.96. The number of alkyl halides is 2. The number of amides is 1. The predicted molar refractivity (Wildman–Crippen MR) is 109 cm³/mol. The van der Waals surface area contributed by atoms with Crippen LogP contribution in [-0.2, 0) is 6.54 Å². The van der Waals surface area contributed by atoms with Crippen LogP contribution in [0.1, 0.15) is 21.7 Å². The molecule has 30 heavy (non-hydrogen) atoms. The Hall–Kier alpha value is -3.01. The molecule has 0 saturated carbocycles. The van der Waals surface area contributed by atoms with Gasteiger partial charge < -0.3 is 14.4 Å². The highest BCUT2D eigenvalue weighted by atomic mass is 79.9. The van der Waals surface area contributed by atoms with E-state index >= 15 is 0 Å². The molecule has 0 bridgehead atoms. The lowest BCUT2D eigenvalue weighted by Gasteiger charge is -2.18. The van der Waals surface area contributed by atoms with Crippen LogP contribution in [-0.4, -0.2) is 46.6 Å². The Morgan fingerprint density at radius 2 is 2.00 bits per heavy atom. The van der Waals surface area contributed by atoms with Crippen LogP contribution >= 0.6 is 15.9 Å². The minimum atomic E-state index is -2.98. The van der Waals surface area contributed by atoms with Crippen LogP contribution in [0.2, 0.25) is 0 Å². The highest BCUT2D eigenvalue weighted by Crippen LogP contribution is 2.30. The lowest BCUT2D eigenvalue weighted by molar-refractivity contribution is -0.0512. The van der Waals surface area contributed by atoms with Gasteiger partial charge in [0.25, 0.3) is 5.91 Å². The maximum Gasteiger partial charge on any atom is 0.387 e. The number of hydrogen-bond donors (Lipinski definition) is 0. The van der Waals surface area contributed by atoms with E-state index in [1.165, 1.54) is 24.1 Å². The summed E-state index contributed by atoms with van der Waals surface area (Å²) in [5, 5.41) is 8.12. The summed E-state index contributed by atoms with van der Waals surface area (Å²) >= 11 is 3.41. The van der Waals surface area contributed by atoms with Gasteiger partial charge in [0.1, 0.15) is 0 Å². The van der Waals surface area contributed by atoms with Crippen LogP contribution in [0.3, 0.4) is 0 Å². The van der Waals surface area contributed by atoms with Crippen molar-refractivity contribution in [3.63, 3.8) is 0 Å². The molecule has 0 aliphatic heterocycles. The number of nitrogens with zero attached hydrogens (tertiary/aromatic N) is 4. The van der Waals surface area contributed by atoms with Gasteiger partial charge in [-0.05, 0) is 42.8 Å². The molecule has 1 aromatic heterocycles. The third-order valence-electron chi connectivity index (χ3n) is 4.36. The first-order valence-electron chi connectivity index (χ1n) is 8.85. The molecule has 0 N–H and O–H groups in total. The standard InChI is InChI=1S/C20H19BrF2N4O3/c1-12-18(24-25-27(12)15-6-4-5-14(21)10-15)19(28)26(2)11-13-7-8-16(29-3)17(9-13)30-20(22)23/h4-10,20H,11H2,1-3H3. The minimum Gasteiger partial charge on any atom is -0.493 e. The van der Waals surface area contributed by atoms with Crippen LogP contribution in [0.4, 0.5) is 8.78 Å². The lowest BCUT2D eigenvalue weighted by Crippen LogP contribution is -2.27. The number of methoxy groups -OCH3 is 1. The number of benzene rings is 2. The van der Waals surface area contributed by atoms with E-state index in [9.17, 15) is 13.6 Å². The number of carbonyl (C=O) groups excluding carboxylic acids is 1. The van der Waals surface area contributed by atoms with Crippen molar-refractivity contribution < 1.29 is 23.0 Å². The largest absolute Gasteiger partial charge is 0.493 e. The second kappa shape index (κ2) is 9.21. The molecule has 0 aliphatic carbocycles. The first kappa shape index (κ1) is 21.7. The third kappa shape index (κ3) is 4.76. The van der Waals surface area contributed by atoms with Gasteiger partial charge in [0.2, 0.25) is 0 Å². The maximum atomic E-state index is 12.9. The van der Waals surface area contributed by atoms with E-state index in [0.717, 1.165) is 10.2 Å². The quantitative estimate of drug-likeness (QED) is 0.506. The fraction of sp³-hybridized carbons (Fsp3) is 0.250. The molecule has 1 amide bonds. The van der Waals surface area contributed by atoms with Crippen molar-refractivity contribution in [2.24, 2.45) is 0 Å². The van der Waals surface area contributed by atoms with Crippen LogP contribution in [0, 0.1) is 6.92 Å². The first-order chi connectivity index (χ1) is 14.3. The second-order valence-electron chi connectivity index (χ2n) is 6.44. The molecule has 3 aromatic rings. The molecule has 0 unspecified atom stereocenters. The van der Waals surface area contributed by atoms with Crippen molar-refractivity contribution in [2.45, 2.75) is 20.1 Å². The number of aromatic nitrogens is 3. The van der Waals surface area contributed by atoms with Gasteiger partial charge in [-0.2, -0.15) is 8.78 Å². The van der Waals surface area contributed by atoms with Crippen molar-refractivity contribution in [3.8, 4) is 17.2 Å². The van der Waals surface area contributed by atoms with Crippen LogP contribution in [0.25, 0.3) is 5.69 Å². The molecule has 0 fully saturated rings. The molecule has 7 nitrogen and oxygen atoms in total. The van der Waals surface area contributed by atoms with Crippen molar-refractivity contribution >= 4 is 21.8 Å². The molecule has 2 aromatic carbocycles. The SMILES string of the molecule is COc1ccc(CN(C)C(=O)c2nnn(-c3cccc(Br)c3)c2C)cc1OC(F)F. The molecular formula is C20H19BrF2N4O3. The molecule has 0 atom stereocenters. The van der Waals surface area contributed by atoms with E-state index in [4.69, 9.17) is 4.74 Å². The lowest BCUT2D eigenvalue weighted by atomic mass is 10.2. The molecule has 0 spiro atoms. The molecule has 3 rings (SSSR count). The van der Waals surface area contributed by atoms with E-state index < -0.39 is 6.61 Å². The molecule has 158 valence electrons. The Labute approximate surface area is 180 Å². The summed E-state index contributed by atoms with van der Waals surface area (Å²) in [6.07, 6.45) is 0. The van der Waals surface area contributed by atoms with Gasteiger partial charge in [-0.15, -0.1) is 5.10 Å². The molecule has 0 aliphatic rings. The van der Waals surface area contributed by atoms with Gasteiger partial charge in [-0.3, -0.25) is 4.79 Å². The summed E-state index contributed by atoms with van der Waals surface area (Å²) in [6.45, 7) is -1.07. The zero-order valence-electron chi connectivity index (χ0n) is 16.5. The summed E-state index contributed by atoms with van der Waals surface area (Å²) in [4.78, 5) is 14.3. The Balaban J connectivity index is 1.80. The third-order valence-corrected chi connectivity index (χ3v) is 4.85. The number of halogens is 3. The summed E-state index contributed by atoms with van der Waals surface area (Å²) in [6, 6.07) is 12.1. The monoisotopic (exact) mass is 480 g/mol. The van der Waals surface area contributed by atoms with Crippen molar-refractivity contribution in [2.75, 3.05) is 14.2 Å². The van der Waals surface area contributed by atoms with Crippen molar-refractivity contribution in [1.29, 1.82) is 0 Å². The van der Waals surface area contributed by atoms with Crippen molar-refractivity contribution in [1.82, 2.24) is 19.9 Å². The molecular weight excluding hydrogens is 462 g/mol. The van der Waals surface area contributed by atoms with E-state index in [1.807, 2.05) is 24.3 Å². The van der Waals surface area contributed by atoms with Gasteiger partial charge in [-0.1, -0.05) is 33.3 Å². The van der Waals surface area contributed by atoms with Gasteiger partial charge in [-0.25, -0.2) is 4.68 Å². The second-order valence-corrected chi connectivity index (χ2v) is 7.36. The van der Waals surface area contributed by atoms with Gasteiger partial charge in [0, 0.05) is 18.1 Å². The molecule has 0 saturated heterocycles. The smallest absolute Gasteiger partial charge is 0.387 e. The fourth-order valence-electron chi connectivity index (χ4n) is 2.91. The number of hydrogen-bond acceptors (Lipinski definition) is 5. The fourth-order valence-corrected chi connectivity index (χ4v) is 3.30. The summed E-state index contributed by atoms with van der Waals surface area (Å²) < 4.78 is 37.2. The van der Waals surface area contributed by atoms with Crippen LogP contribution < -0.4 is 9.47 Å². The number of rotatable bonds is 7. The minimum absolute atomic E-state index is 0.0948. The zero-order chi connectivity index (χ0) is 21.8. The molecule has 10 heteroatoms. The van der Waals surface area contributed by atoms with E-state index in [2.05, 4.69) is 31.0 Å². The van der Waals surface area contributed by atoms with Gasteiger partial charge in [0.15, 0.2) is 17.2 Å². The molecule has 1 heterocycles. The Kier molecular flexibility index (Phi) is 6.66. The maximum absolute atomic E-state index is 12.9. The van der Waals surface area contributed by atoms with Crippen LogP contribution in [0.5, 0.6) is 11.5 Å². The van der Waals surface area contributed by atoms with E-state index in [0.29, 0.717) is 11.3 Å². The predicted octanol–water partition coefficient (Wildman–Crippen LogP) is 4.22. The average Bonchev–Trinajstić information content (AvgIpc) is 3.08. The first-order valence-corrected chi connectivity index (χ1v) is 9.65. The number of carbonyl (C=O) groups is 1. The number of ether oxygens (including phenoxy) is 2. The van der Waals surface area contributed by atoms with Gasteiger partial charge in [0.05, 0.1) is 18.5 Å². The summed E-state index contributed by atoms with van der Waals surface area (Å²) in [5.41, 5.74) is 2.15. The van der Waals surface area contributed by atoms with Crippen molar-refractivity contribution in [3.05, 3.63) is 63.9 Å². The van der Waals surface area contributed by atoms with Crippen LogP contribution in [0.15, 0.2) is 46.9 Å².